The van der Waals surface area contributed by atoms with Crippen molar-refractivity contribution in [3.05, 3.63) is 0 Å². The topological polar surface area (TPSA) is 15.3 Å². The lowest BCUT2D eigenvalue weighted by Crippen LogP contribution is -2.49. The Morgan fingerprint density at radius 3 is 2.65 bits per heavy atom. The number of piperidine rings is 1. The van der Waals surface area contributed by atoms with E-state index in [2.05, 4.69) is 37.9 Å². The molecule has 1 heterocycles. The van der Waals surface area contributed by atoms with Gasteiger partial charge in [-0.2, -0.15) is 0 Å². The van der Waals surface area contributed by atoms with Crippen LogP contribution < -0.4 is 5.32 Å². The Balaban J connectivity index is 2.38. The lowest BCUT2D eigenvalue weighted by atomic mass is 9.96. The van der Waals surface area contributed by atoms with Gasteiger partial charge in [0.15, 0.2) is 0 Å². The SMILES string of the molecule is CCCC1CCCCN1C(C)CNC(C)CC. The number of nitrogens with one attached hydrogen (secondary N) is 1. The second-order valence-electron chi connectivity index (χ2n) is 5.74. The molecule has 3 unspecified atom stereocenters. The Hall–Kier alpha value is -0.0800. The fourth-order valence-electron chi connectivity index (χ4n) is 2.88. The third kappa shape index (κ3) is 4.97. The zero-order chi connectivity index (χ0) is 12.7. The molecule has 2 heteroatoms. The molecule has 0 aromatic heterocycles. The minimum atomic E-state index is 0.659. The summed E-state index contributed by atoms with van der Waals surface area (Å²) in [5, 5.41) is 3.65. The summed E-state index contributed by atoms with van der Waals surface area (Å²) in [6, 6.07) is 2.20. The van der Waals surface area contributed by atoms with E-state index < -0.39 is 0 Å². The standard InChI is InChI=1S/C15H32N2/c1-5-9-15-10-7-8-11-17(15)14(4)12-16-13(3)6-2/h13-16H,5-12H2,1-4H3. The molecule has 1 fully saturated rings. The molecule has 102 valence electrons. The quantitative estimate of drug-likeness (QED) is 0.733. The molecule has 0 amide bonds. The highest BCUT2D eigenvalue weighted by Crippen LogP contribution is 2.22. The second-order valence-corrected chi connectivity index (χ2v) is 5.74. The van der Waals surface area contributed by atoms with Crippen LogP contribution >= 0.6 is 0 Å². The molecular weight excluding hydrogens is 208 g/mol. The molecule has 2 nitrogen and oxygen atoms in total. The summed E-state index contributed by atoms with van der Waals surface area (Å²) >= 11 is 0. The molecule has 0 bridgehead atoms. The minimum Gasteiger partial charge on any atom is -0.313 e. The van der Waals surface area contributed by atoms with Crippen LogP contribution in [0.15, 0.2) is 0 Å². The van der Waals surface area contributed by atoms with E-state index in [1.165, 1.54) is 45.1 Å². The van der Waals surface area contributed by atoms with Crippen LogP contribution in [0.3, 0.4) is 0 Å². The number of hydrogen-bond acceptors (Lipinski definition) is 2. The van der Waals surface area contributed by atoms with E-state index in [0.717, 1.165) is 12.6 Å². The summed E-state index contributed by atoms with van der Waals surface area (Å²) in [6.45, 7) is 11.7. The van der Waals surface area contributed by atoms with E-state index in [1.807, 2.05) is 0 Å². The van der Waals surface area contributed by atoms with Crippen molar-refractivity contribution in [1.82, 2.24) is 10.2 Å². The molecule has 1 aliphatic rings. The van der Waals surface area contributed by atoms with Crippen LogP contribution in [-0.4, -0.2) is 36.1 Å². The van der Waals surface area contributed by atoms with Crippen LogP contribution in [0.4, 0.5) is 0 Å². The Labute approximate surface area is 108 Å². The molecule has 0 saturated carbocycles. The number of hydrogen-bond donors (Lipinski definition) is 1. The van der Waals surface area contributed by atoms with Gasteiger partial charge in [-0.15, -0.1) is 0 Å². The predicted octanol–water partition coefficient (Wildman–Crippen LogP) is 3.42. The molecule has 3 atom stereocenters. The molecule has 17 heavy (non-hydrogen) atoms. The molecule has 0 aromatic rings. The molecule has 0 radical (unpaired) electrons. The van der Waals surface area contributed by atoms with E-state index in [1.54, 1.807) is 0 Å². The Morgan fingerprint density at radius 1 is 1.24 bits per heavy atom. The molecule has 1 rings (SSSR count). The van der Waals surface area contributed by atoms with Crippen molar-refractivity contribution < 1.29 is 0 Å². The van der Waals surface area contributed by atoms with Crippen molar-refractivity contribution in [1.29, 1.82) is 0 Å². The van der Waals surface area contributed by atoms with E-state index in [4.69, 9.17) is 0 Å². The van der Waals surface area contributed by atoms with Crippen LogP contribution in [0.1, 0.15) is 66.2 Å². The highest BCUT2D eigenvalue weighted by molar-refractivity contribution is 4.82. The van der Waals surface area contributed by atoms with Gasteiger partial charge < -0.3 is 5.32 Å². The summed E-state index contributed by atoms with van der Waals surface area (Å²) in [7, 11) is 0. The van der Waals surface area contributed by atoms with Gasteiger partial charge in [0.25, 0.3) is 0 Å². The van der Waals surface area contributed by atoms with E-state index >= 15 is 0 Å². The third-order valence-corrected chi connectivity index (χ3v) is 4.23. The molecule has 1 saturated heterocycles. The van der Waals surface area contributed by atoms with Crippen LogP contribution in [-0.2, 0) is 0 Å². The first-order valence-electron chi connectivity index (χ1n) is 7.68. The zero-order valence-electron chi connectivity index (χ0n) is 12.3. The Morgan fingerprint density at radius 2 is 2.00 bits per heavy atom. The van der Waals surface area contributed by atoms with Gasteiger partial charge in [0.05, 0.1) is 0 Å². The maximum atomic E-state index is 3.65. The van der Waals surface area contributed by atoms with Gasteiger partial charge in [0.2, 0.25) is 0 Å². The van der Waals surface area contributed by atoms with Crippen molar-refractivity contribution >= 4 is 0 Å². The van der Waals surface area contributed by atoms with Crippen LogP contribution in [0.5, 0.6) is 0 Å². The predicted molar refractivity (Wildman–Crippen MR) is 76.5 cm³/mol. The summed E-state index contributed by atoms with van der Waals surface area (Å²) < 4.78 is 0. The monoisotopic (exact) mass is 240 g/mol. The van der Waals surface area contributed by atoms with Gasteiger partial charge in [-0.05, 0) is 46.1 Å². The highest BCUT2D eigenvalue weighted by Gasteiger charge is 2.25. The maximum Gasteiger partial charge on any atom is 0.0195 e. The van der Waals surface area contributed by atoms with Gasteiger partial charge in [-0.3, -0.25) is 4.90 Å². The average molecular weight is 240 g/mol. The molecular formula is C15H32N2. The van der Waals surface area contributed by atoms with Crippen LogP contribution in [0, 0.1) is 0 Å². The lowest BCUT2D eigenvalue weighted by molar-refractivity contribution is 0.0942. The lowest BCUT2D eigenvalue weighted by Gasteiger charge is -2.40. The first-order valence-corrected chi connectivity index (χ1v) is 7.68. The van der Waals surface area contributed by atoms with Crippen molar-refractivity contribution in [3.8, 4) is 0 Å². The van der Waals surface area contributed by atoms with Gasteiger partial charge in [0.1, 0.15) is 0 Å². The maximum absolute atomic E-state index is 3.65. The molecule has 1 aliphatic heterocycles. The van der Waals surface area contributed by atoms with Gasteiger partial charge in [0, 0.05) is 24.7 Å². The van der Waals surface area contributed by atoms with Crippen LogP contribution in [0.25, 0.3) is 0 Å². The van der Waals surface area contributed by atoms with E-state index in [9.17, 15) is 0 Å². The highest BCUT2D eigenvalue weighted by atomic mass is 15.2. The molecule has 0 aromatic carbocycles. The zero-order valence-corrected chi connectivity index (χ0v) is 12.3. The number of likely N-dealkylation sites (tertiary alicyclic amines) is 1. The van der Waals surface area contributed by atoms with Gasteiger partial charge in [-0.25, -0.2) is 0 Å². The first-order chi connectivity index (χ1) is 8.19. The number of nitrogens with zero attached hydrogens (tertiary/aromatic N) is 1. The average Bonchev–Trinajstić information content (AvgIpc) is 2.36. The number of rotatable bonds is 7. The van der Waals surface area contributed by atoms with Gasteiger partial charge >= 0.3 is 0 Å². The smallest absolute Gasteiger partial charge is 0.0195 e. The fraction of sp³-hybridized carbons (Fsp3) is 1.00. The summed E-state index contributed by atoms with van der Waals surface area (Å²) in [5.41, 5.74) is 0. The first kappa shape index (κ1) is 15.0. The summed E-state index contributed by atoms with van der Waals surface area (Å²) in [5.74, 6) is 0. The van der Waals surface area contributed by atoms with E-state index in [-0.39, 0.29) is 0 Å². The Bertz CT molecular complexity index is 191. The minimum absolute atomic E-state index is 0.659. The Kier molecular flexibility index (Phi) is 7.14. The molecule has 0 aliphatic carbocycles. The van der Waals surface area contributed by atoms with Crippen molar-refractivity contribution in [3.63, 3.8) is 0 Å². The van der Waals surface area contributed by atoms with Crippen molar-refractivity contribution in [2.45, 2.75) is 84.3 Å². The van der Waals surface area contributed by atoms with Gasteiger partial charge in [-0.1, -0.05) is 26.7 Å². The summed E-state index contributed by atoms with van der Waals surface area (Å²) in [6.07, 6.45) is 8.19. The molecule has 1 N–H and O–H groups in total. The van der Waals surface area contributed by atoms with E-state index in [0.29, 0.717) is 12.1 Å². The fourth-order valence-corrected chi connectivity index (χ4v) is 2.88. The second kappa shape index (κ2) is 8.10. The van der Waals surface area contributed by atoms with Crippen molar-refractivity contribution in [2.75, 3.05) is 13.1 Å². The summed E-state index contributed by atoms with van der Waals surface area (Å²) in [4.78, 5) is 2.75. The van der Waals surface area contributed by atoms with Crippen molar-refractivity contribution in [2.24, 2.45) is 0 Å². The third-order valence-electron chi connectivity index (χ3n) is 4.23. The normalized spacial score (nSPS) is 25.8. The largest absolute Gasteiger partial charge is 0.313 e. The van der Waals surface area contributed by atoms with Crippen LogP contribution in [0.2, 0.25) is 0 Å². The molecule has 0 spiro atoms.